The van der Waals surface area contributed by atoms with Gasteiger partial charge >= 0.3 is 0 Å². The molecule has 116 valence electrons. The van der Waals surface area contributed by atoms with Crippen molar-refractivity contribution in [3.8, 4) is 11.5 Å². The van der Waals surface area contributed by atoms with Gasteiger partial charge in [0.25, 0.3) is 0 Å². The van der Waals surface area contributed by atoms with Crippen LogP contribution >= 0.6 is 0 Å². The molecule has 0 saturated heterocycles. The van der Waals surface area contributed by atoms with Crippen molar-refractivity contribution in [1.29, 1.82) is 0 Å². The van der Waals surface area contributed by atoms with Crippen LogP contribution < -0.4 is 20.5 Å². The number of amides is 1. The Balaban J connectivity index is 2.09. The van der Waals surface area contributed by atoms with Crippen molar-refractivity contribution in [1.82, 2.24) is 4.98 Å². The third-order valence-corrected chi connectivity index (χ3v) is 2.94. The first kappa shape index (κ1) is 15.8. The summed E-state index contributed by atoms with van der Waals surface area (Å²) in [5.41, 5.74) is 6.94. The fourth-order valence-electron chi connectivity index (χ4n) is 1.87. The Hall–Kier alpha value is -2.60. The minimum Gasteiger partial charge on any atom is -0.493 e. The van der Waals surface area contributed by atoms with Crippen LogP contribution in [0.15, 0.2) is 42.7 Å². The summed E-state index contributed by atoms with van der Waals surface area (Å²) in [5, 5.41) is 2.77. The quantitative estimate of drug-likeness (QED) is 0.816. The summed E-state index contributed by atoms with van der Waals surface area (Å²) in [6.07, 6.45) is 3.72. The summed E-state index contributed by atoms with van der Waals surface area (Å²) in [4.78, 5) is 15.6. The Kier molecular flexibility index (Phi) is 5.73. The van der Waals surface area contributed by atoms with Crippen LogP contribution in [0.2, 0.25) is 0 Å². The molecule has 0 aliphatic rings. The molecule has 1 heterocycles. The van der Waals surface area contributed by atoms with Crippen molar-refractivity contribution in [3.63, 3.8) is 0 Å². The van der Waals surface area contributed by atoms with Crippen LogP contribution in [0.5, 0.6) is 11.5 Å². The number of carbonyl (C=O) groups excluding carboxylic acids is 1. The first-order chi connectivity index (χ1) is 10.7. The number of hydrogen-bond acceptors (Lipinski definition) is 5. The maximum atomic E-state index is 11.6. The van der Waals surface area contributed by atoms with Gasteiger partial charge in [-0.1, -0.05) is 6.07 Å². The highest BCUT2D eigenvalue weighted by Crippen LogP contribution is 2.30. The molecule has 6 heteroatoms. The molecule has 0 atom stereocenters. The predicted octanol–water partition coefficient (Wildman–Crippen LogP) is 1.96. The first-order valence-corrected chi connectivity index (χ1v) is 6.92. The molecule has 2 aromatic rings. The molecule has 2 rings (SSSR count). The maximum Gasteiger partial charge on any atom is 0.225 e. The highest BCUT2D eigenvalue weighted by molar-refractivity contribution is 5.91. The Morgan fingerprint density at radius 3 is 2.86 bits per heavy atom. The third-order valence-electron chi connectivity index (χ3n) is 2.94. The summed E-state index contributed by atoms with van der Waals surface area (Å²) in [7, 11) is 1.57. The van der Waals surface area contributed by atoms with Crippen LogP contribution in [0.4, 0.5) is 5.69 Å². The molecular formula is C16H19N3O3. The molecule has 1 aromatic carbocycles. The van der Waals surface area contributed by atoms with Crippen LogP contribution in [0, 0.1) is 0 Å². The molecule has 0 aliphatic heterocycles. The van der Waals surface area contributed by atoms with Gasteiger partial charge in [0.15, 0.2) is 11.5 Å². The van der Waals surface area contributed by atoms with Gasteiger partial charge < -0.3 is 20.5 Å². The third kappa shape index (κ3) is 4.46. The molecule has 0 aliphatic carbocycles. The Morgan fingerprint density at radius 2 is 2.18 bits per heavy atom. The number of anilines is 1. The monoisotopic (exact) mass is 301 g/mol. The zero-order chi connectivity index (χ0) is 15.8. The van der Waals surface area contributed by atoms with E-state index in [-0.39, 0.29) is 12.3 Å². The van der Waals surface area contributed by atoms with E-state index in [0.29, 0.717) is 30.3 Å². The summed E-state index contributed by atoms with van der Waals surface area (Å²) in [6.45, 7) is 0.677. The summed E-state index contributed by atoms with van der Waals surface area (Å²) < 4.78 is 11.0. The lowest BCUT2D eigenvalue weighted by atomic mass is 10.2. The normalized spacial score (nSPS) is 10.1. The van der Waals surface area contributed by atoms with Crippen molar-refractivity contribution < 1.29 is 14.3 Å². The van der Waals surface area contributed by atoms with Crippen LogP contribution in [0.3, 0.4) is 0 Å². The second kappa shape index (κ2) is 7.99. The standard InChI is InChI=1S/C16H19N3O3/c1-21-14-5-4-13(19-16(20)6-7-17)9-15(14)22-11-12-3-2-8-18-10-12/h2-5,8-10H,6-7,11,17H2,1H3,(H,19,20). The topological polar surface area (TPSA) is 86.5 Å². The molecular weight excluding hydrogens is 282 g/mol. The predicted molar refractivity (Wildman–Crippen MR) is 83.9 cm³/mol. The van der Waals surface area contributed by atoms with E-state index in [1.165, 1.54) is 0 Å². The van der Waals surface area contributed by atoms with Crippen molar-refractivity contribution in [2.75, 3.05) is 19.0 Å². The fraction of sp³-hybridized carbons (Fsp3) is 0.250. The van der Waals surface area contributed by atoms with Gasteiger partial charge in [-0.2, -0.15) is 0 Å². The lowest BCUT2D eigenvalue weighted by Gasteiger charge is -2.13. The fourth-order valence-corrected chi connectivity index (χ4v) is 1.87. The van der Waals surface area contributed by atoms with E-state index in [1.807, 2.05) is 12.1 Å². The van der Waals surface area contributed by atoms with Gasteiger partial charge in [0.1, 0.15) is 6.61 Å². The molecule has 0 bridgehead atoms. The van der Waals surface area contributed by atoms with Crippen LogP contribution in [-0.2, 0) is 11.4 Å². The second-order valence-electron chi connectivity index (χ2n) is 4.60. The molecule has 1 amide bonds. The van der Waals surface area contributed by atoms with E-state index in [4.69, 9.17) is 15.2 Å². The van der Waals surface area contributed by atoms with E-state index >= 15 is 0 Å². The number of nitrogens with zero attached hydrogens (tertiary/aromatic N) is 1. The van der Waals surface area contributed by atoms with E-state index in [9.17, 15) is 4.79 Å². The average molecular weight is 301 g/mol. The average Bonchev–Trinajstić information content (AvgIpc) is 2.54. The number of ether oxygens (including phenoxy) is 2. The van der Waals surface area contributed by atoms with E-state index in [2.05, 4.69) is 10.3 Å². The Bertz CT molecular complexity index is 617. The van der Waals surface area contributed by atoms with E-state index < -0.39 is 0 Å². The molecule has 0 spiro atoms. The minimum atomic E-state index is -0.133. The molecule has 0 radical (unpaired) electrons. The zero-order valence-electron chi connectivity index (χ0n) is 12.4. The molecule has 22 heavy (non-hydrogen) atoms. The SMILES string of the molecule is COc1ccc(NC(=O)CCN)cc1OCc1cccnc1. The van der Waals surface area contributed by atoms with Gasteiger partial charge in [0, 0.05) is 42.7 Å². The van der Waals surface area contributed by atoms with Gasteiger partial charge in [-0.15, -0.1) is 0 Å². The zero-order valence-corrected chi connectivity index (χ0v) is 12.4. The van der Waals surface area contributed by atoms with Crippen molar-refractivity contribution in [2.24, 2.45) is 5.73 Å². The van der Waals surface area contributed by atoms with Gasteiger partial charge in [-0.05, 0) is 18.2 Å². The summed E-state index contributed by atoms with van der Waals surface area (Å²) in [5.74, 6) is 1.02. The van der Waals surface area contributed by atoms with Crippen molar-refractivity contribution in [2.45, 2.75) is 13.0 Å². The minimum absolute atomic E-state index is 0.133. The van der Waals surface area contributed by atoms with Gasteiger partial charge in [-0.3, -0.25) is 9.78 Å². The van der Waals surface area contributed by atoms with Gasteiger partial charge in [0.2, 0.25) is 5.91 Å². The molecule has 0 saturated carbocycles. The number of nitrogens with one attached hydrogen (secondary N) is 1. The highest BCUT2D eigenvalue weighted by Gasteiger charge is 2.08. The smallest absolute Gasteiger partial charge is 0.225 e. The lowest BCUT2D eigenvalue weighted by molar-refractivity contribution is -0.116. The van der Waals surface area contributed by atoms with E-state index in [0.717, 1.165) is 5.56 Å². The summed E-state index contributed by atoms with van der Waals surface area (Å²) >= 11 is 0. The number of benzene rings is 1. The van der Waals surface area contributed by atoms with Crippen LogP contribution in [-0.4, -0.2) is 24.5 Å². The molecule has 6 nitrogen and oxygen atoms in total. The molecule has 0 unspecified atom stereocenters. The maximum absolute atomic E-state index is 11.6. The van der Waals surface area contributed by atoms with Crippen LogP contribution in [0.25, 0.3) is 0 Å². The number of rotatable bonds is 7. The Labute approximate surface area is 129 Å². The number of methoxy groups -OCH3 is 1. The number of pyridine rings is 1. The molecule has 0 fully saturated rings. The van der Waals surface area contributed by atoms with Crippen molar-refractivity contribution in [3.05, 3.63) is 48.3 Å². The largest absolute Gasteiger partial charge is 0.493 e. The Morgan fingerprint density at radius 1 is 1.32 bits per heavy atom. The molecule has 1 aromatic heterocycles. The highest BCUT2D eigenvalue weighted by atomic mass is 16.5. The summed E-state index contributed by atoms with van der Waals surface area (Å²) in [6, 6.07) is 9.00. The van der Waals surface area contributed by atoms with E-state index in [1.54, 1.807) is 37.7 Å². The number of aromatic nitrogens is 1. The van der Waals surface area contributed by atoms with Crippen LogP contribution in [0.1, 0.15) is 12.0 Å². The number of carbonyl (C=O) groups is 1. The lowest BCUT2D eigenvalue weighted by Crippen LogP contribution is -2.16. The molecule has 3 N–H and O–H groups in total. The first-order valence-electron chi connectivity index (χ1n) is 6.92. The number of nitrogens with two attached hydrogens (primary N) is 1. The second-order valence-corrected chi connectivity index (χ2v) is 4.60. The van der Waals surface area contributed by atoms with Crippen molar-refractivity contribution >= 4 is 11.6 Å². The van der Waals surface area contributed by atoms with Gasteiger partial charge in [-0.25, -0.2) is 0 Å². The number of hydrogen-bond donors (Lipinski definition) is 2. The van der Waals surface area contributed by atoms with Gasteiger partial charge in [0.05, 0.1) is 7.11 Å².